The topological polar surface area (TPSA) is 105 Å². The highest BCUT2D eigenvalue weighted by atomic mass is 32.1. The fourth-order valence-electron chi connectivity index (χ4n) is 2.96. The van der Waals surface area contributed by atoms with Crippen LogP contribution in [0.15, 0.2) is 45.4 Å². The molecule has 0 bridgehead atoms. The molecule has 9 heteroatoms. The summed E-state index contributed by atoms with van der Waals surface area (Å²) in [4.78, 5) is 29.7. The Balaban J connectivity index is 1.72. The molecule has 4 rings (SSSR count). The first kappa shape index (κ1) is 17.4. The van der Waals surface area contributed by atoms with Crippen molar-refractivity contribution >= 4 is 22.7 Å². The molecule has 7 nitrogen and oxygen atoms in total. The van der Waals surface area contributed by atoms with Gasteiger partial charge in [-0.1, -0.05) is 6.07 Å². The van der Waals surface area contributed by atoms with Crippen molar-refractivity contribution in [2.24, 2.45) is 0 Å². The average molecular weight is 392 g/mol. The lowest BCUT2D eigenvalue weighted by Crippen LogP contribution is -2.33. The Bertz CT molecular complexity index is 1020. The molecule has 1 aliphatic heterocycles. The van der Waals surface area contributed by atoms with Gasteiger partial charge in [0, 0.05) is 27.2 Å². The lowest BCUT2D eigenvalue weighted by molar-refractivity contribution is -0.0458. The molecule has 0 amide bonds. The number of aromatic amines is 1. The molecule has 0 aromatic carbocycles. The van der Waals surface area contributed by atoms with Gasteiger partial charge in [-0.2, -0.15) is 0 Å². The van der Waals surface area contributed by atoms with Crippen LogP contribution in [0.4, 0.5) is 0 Å². The summed E-state index contributed by atoms with van der Waals surface area (Å²) in [6.45, 7) is -0.336. The van der Waals surface area contributed by atoms with Gasteiger partial charge in [-0.05, 0) is 23.6 Å². The number of hydrogen-bond donors (Lipinski definition) is 3. The summed E-state index contributed by atoms with van der Waals surface area (Å²) < 4.78 is 6.79. The van der Waals surface area contributed by atoms with Gasteiger partial charge in [0.1, 0.15) is 12.3 Å². The van der Waals surface area contributed by atoms with E-state index in [4.69, 9.17) is 4.74 Å². The molecule has 0 spiro atoms. The molecule has 4 heterocycles. The van der Waals surface area contributed by atoms with Crippen LogP contribution in [-0.2, 0) is 4.74 Å². The SMILES string of the molecule is O=c1[nH]c(=O)n([C@H]2C[C@H](O)[C@@H](CO)O2)cc1-c1ccc(-c2cccs2)s1. The number of H-pyrrole nitrogens is 1. The van der Waals surface area contributed by atoms with Crippen LogP contribution in [0.1, 0.15) is 12.6 Å². The molecule has 0 radical (unpaired) electrons. The Kier molecular flexibility index (Phi) is 4.63. The van der Waals surface area contributed by atoms with E-state index in [2.05, 4.69) is 4.98 Å². The molecular weight excluding hydrogens is 376 g/mol. The van der Waals surface area contributed by atoms with Crippen molar-refractivity contribution in [3.63, 3.8) is 0 Å². The van der Waals surface area contributed by atoms with Crippen LogP contribution in [0.5, 0.6) is 0 Å². The van der Waals surface area contributed by atoms with Gasteiger partial charge in [-0.3, -0.25) is 14.3 Å². The maximum atomic E-state index is 12.3. The second kappa shape index (κ2) is 6.93. The van der Waals surface area contributed by atoms with E-state index in [-0.39, 0.29) is 13.0 Å². The Morgan fingerprint density at radius 3 is 2.73 bits per heavy atom. The number of hydrogen-bond acceptors (Lipinski definition) is 7. The second-order valence-corrected chi connectivity index (χ2v) is 8.00. The van der Waals surface area contributed by atoms with Gasteiger partial charge in [0.05, 0.1) is 18.3 Å². The van der Waals surface area contributed by atoms with E-state index in [1.54, 1.807) is 11.3 Å². The molecule has 3 atom stereocenters. The molecule has 3 aromatic heterocycles. The monoisotopic (exact) mass is 392 g/mol. The number of aliphatic hydroxyl groups is 2. The minimum absolute atomic E-state index is 0.168. The summed E-state index contributed by atoms with van der Waals surface area (Å²) in [7, 11) is 0. The Morgan fingerprint density at radius 1 is 1.23 bits per heavy atom. The van der Waals surface area contributed by atoms with Crippen LogP contribution < -0.4 is 11.2 Å². The zero-order valence-electron chi connectivity index (χ0n) is 13.5. The molecule has 0 unspecified atom stereocenters. The van der Waals surface area contributed by atoms with Crippen molar-refractivity contribution in [1.82, 2.24) is 9.55 Å². The van der Waals surface area contributed by atoms with Crippen molar-refractivity contribution in [3.05, 3.63) is 56.7 Å². The van der Waals surface area contributed by atoms with Crippen LogP contribution in [0.25, 0.3) is 20.2 Å². The highest BCUT2D eigenvalue weighted by Gasteiger charge is 2.35. The molecule has 0 saturated carbocycles. The minimum Gasteiger partial charge on any atom is -0.394 e. The Hall–Kier alpha value is -2.04. The van der Waals surface area contributed by atoms with Gasteiger partial charge in [0.2, 0.25) is 0 Å². The normalized spacial score (nSPS) is 22.8. The predicted molar refractivity (Wildman–Crippen MR) is 99.6 cm³/mol. The first-order chi connectivity index (χ1) is 12.6. The number of rotatable bonds is 4. The highest BCUT2D eigenvalue weighted by Crippen LogP contribution is 2.35. The van der Waals surface area contributed by atoms with Crippen LogP contribution in [-0.4, -0.2) is 38.6 Å². The number of thiophene rings is 2. The van der Waals surface area contributed by atoms with Crippen LogP contribution in [0, 0.1) is 0 Å². The minimum atomic E-state index is -0.862. The largest absolute Gasteiger partial charge is 0.394 e. The number of aliphatic hydroxyl groups excluding tert-OH is 2. The third-order valence-electron chi connectivity index (χ3n) is 4.30. The van der Waals surface area contributed by atoms with Crippen molar-refractivity contribution in [2.45, 2.75) is 24.9 Å². The van der Waals surface area contributed by atoms with Gasteiger partial charge in [-0.25, -0.2) is 4.79 Å². The summed E-state index contributed by atoms with van der Waals surface area (Å²) in [5, 5.41) is 21.1. The fourth-order valence-corrected chi connectivity index (χ4v) is 4.81. The number of nitrogens with one attached hydrogen (secondary N) is 1. The Labute approximate surface area is 155 Å². The lowest BCUT2D eigenvalue weighted by atomic mass is 10.2. The number of aromatic nitrogens is 2. The van der Waals surface area contributed by atoms with Crippen LogP contribution in [0.3, 0.4) is 0 Å². The molecule has 26 heavy (non-hydrogen) atoms. The summed E-state index contributed by atoms with van der Waals surface area (Å²) in [6, 6.07) is 7.76. The van der Waals surface area contributed by atoms with E-state index in [9.17, 15) is 19.8 Å². The summed E-state index contributed by atoms with van der Waals surface area (Å²) in [5.74, 6) is 0. The second-order valence-electron chi connectivity index (χ2n) is 5.97. The Morgan fingerprint density at radius 2 is 2.04 bits per heavy atom. The third kappa shape index (κ3) is 3.08. The third-order valence-corrected chi connectivity index (χ3v) is 6.48. The molecular formula is C17H16N2O5S2. The van der Waals surface area contributed by atoms with E-state index in [1.165, 1.54) is 22.1 Å². The van der Waals surface area contributed by atoms with Crippen LogP contribution >= 0.6 is 22.7 Å². The summed E-state index contributed by atoms with van der Waals surface area (Å²) >= 11 is 3.08. The number of nitrogens with zero attached hydrogens (tertiary/aromatic N) is 1. The van der Waals surface area contributed by atoms with Gasteiger partial charge < -0.3 is 14.9 Å². The fraction of sp³-hybridized carbons (Fsp3) is 0.294. The maximum absolute atomic E-state index is 12.3. The van der Waals surface area contributed by atoms with Crippen molar-refractivity contribution in [2.75, 3.05) is 6.61 Å². The smallest absolute Gasteiger partial charge is 0.330 e. The standard InChI is InChI=1S/C17H16N2O5S2/c20-8-11-10(21)6-15(24-11)19-7-9(16(22)18-17(19)23)12-3-4-14(26-12)13-2-1-5-25-13/h1-5,7,10-11,15,20-21H,6,8H2,(H,18,22,23)/t10-,11+,15+/m0/s1. The molecule has 3 N–H and O–H groups in total. The molecule has 1 saturated heterocycles. The zero-order chi connectivity index (χ0) is 18.3. The van der Waals surface area contributed by atoms with Crippen molar-refractivity contribution in [3.8, 4) is 20.2 Å². The summed E-state index contributed by atoms with van der Waals surface area (Å²) in [6.07, 6.45) is -0.708. The molecule has 1 fully saturated rings. The van der Waals surface area contributed by atoms with Gasteiger partial charge in [0.25, 0.3) is 5.56 Å². The van der Waals surface area contributed by atoms with E-state index in [0.29, 0.717) is 5.56 Å². The molecule has 136 valence electrons. The van der Waals surface area contributed by atoms with Gasteiger partial charge in [0.15, 0.2) is 0 Å². The lowest BCUT2D eigenvalue weighted by Gasteiger charge is -2.15. The van der Waals surface area contributed by atoms with E-state index in [0.717, 1.165) is 14.6 Å². The van der Waals surface area contributed by atoms with E-state index in [1.807, 2.05) is 29.6 Å². The maximum Gasteiger partial charge on any atom is 0.330 e. The molecule has 0 aliphatic carbocycles. The zero-order valence-corrected chi connectivity index (χ0v) is 15.1. The summed E-state index contributed by atoms with van der Waals surface area (Å²) in [5.41, 5.74) is -0.712. The van der Waals surface area contributed by atoms with Gasteiger partial charge in [-0.15, -0.1) is 22.7 Å². The van der Waals surface area contributed by atoms with Crippen molar-refractivity contribution in [1.29, 1.82) is 0 Å². The first-order valence-corrected chi connectivity index (χ1v) is 9.70. The van der Waals surface area contributed by atoms with Gasteiger partial charge >= 0.3 is 5.69 Å². The highest BCUT2D eigenvalue weighted by molar-refractivity contribution is 7.23. The van der Waals surface area contributed by atoms with E-state index >= 15 is 0 Å². The number of ether oxygens (including phenoxy) is 1. The quantitative estimate of drug-likeness (QED) is 0.626. The van der Waals surface area contributed by atoms with Crippen molar-refractivity contribution < 1.29 is 14.9 Å². The van der Waals surface area contributed by atoms with Crippen LogP contribution in [0.2, 0.25) is 0 Å². The first-order valence-electron chi connectivity index (χ1n) is 8.00. The predicted octanol–water partition coefficient (Wildman–Crippen LogP) is 1.63. The molecule has 1 aliphatic rings. The average Bonchev–Trinajstić information content (AvgIpc) is 3.35. The molecule has 3 aromatic rings. The van der Waals surface area contributed by atoms with E-state index < -0.39 is 29.7 Å².